The van der Waals surface area contributed by atoms with E-state index < -0.39 is 24.5 Å². The maximum absolute atomic E-state index is 12.0. The molecule has 0 saturated heterocycles. The molecule has 0 aromatic rings. The van der Waals surface area contributed by atoms with Crippen LogP contribution in [0.15, 0.2) is 0 Å². The highest BCUT2D eigenvalue weighted by Crippen LogP contribution is 2.36. The number of aliphatic carboxylic acids is 1. The molecule has 1 atom stereocenters. The Kier molecular flexibility index (Phi) is 3.39. The molecule has 0 heterocycles. The van der Waals surface area contributed by atoms with Gasteiger partial charge < -0.3 is 5.11 Å². The predicted molar refractivity (Wildman–Crippen MR) is 43.8 cm³/mol. The van der Waals surface area contributed by atoms with Gasteiger partial charge in [0.25, 0.3) is 0 Å². The molecule has 1 aliphatic rings. The highest BCUT2D eigenvalue weighted by molar-refractivity contribution is 5.70. The van der Waals surface area contributed by atoms with Crippen LogP contribution in [-0.2, 0) is 4.79 Å². The van der Waals surface area contributed by atoms with Crippen molar-refractivity contribution >= 4 is 5.97 Å². The Morgan fingerprint density at radius 1 is 1.43 bits per heavy atom. The Morgan fingerprint density at radius 2 is 2.00 bits per heavy atom. The maximum atomic E-state index is 12.0. The molecule has 1 unspecified atom stereocenters. The summed E-state index contributed by atoms with van der Waals surface area (Å²) in [6.07, 6.45) is -2.62. The number of alkyl halides is 3. The number of rotatable bonds is 4. The molecule has 82 valence electrons. The first kappa shape index (κ1) is 11.3. The van der Waals surface area contributed by atoms with E-state index in [-0.39, 0.29) is 12.3 Å². The van der Waals surface area contributed by atoms with Gasteiger partial charge in [-0.05, 0) is 12.3 Å². The van der Waals surface area contributed by atoms with Crippen molar-refractivity contribution in [2.75, 3.05) is 0 Å². The van der Waals surface area contributed by atoms with Crippen LogP contribution in [0.25, 0.3) is 0 Å². The van der Waals surface area contributed by atoms with Crippen molar-refractivity contribution in [3.63, 3.8) is 0 Å². The highest BCUT2D eigenvalue weighted by atomic mass is 19.4. The second kappa shape index (κ2) is 4.19. The summed E-state index contributed by atoms with van der Waals surface area (Å²) in [5.41, 5.74) is 0. The predicted octanol–water partition coefficient (Wildman–Crippen LogP) is 2.83. The number of halogens is 3. The maximum Gasteiger partial charge on any atom is 0.389 e. The fourth-order valence-corrected chi connectivity index (χ4v) is 1.68. The van der Waals surface area contributed by atoms with Gasteiger partial charge in [0.1, 0.15) is 0 Å². The van der Waals surface area contributed by atoms with E-state index in [1.54, 1.807) is 0 Å². The lowest BCUT2D eigenvalue weighted by Crippen LogP contribution is -2.26. The summed E-state index contributed by atoms with van der Waals surface area (Å²) in [5, 5.41) is 8.61. The van der Waals surface area contributed by atoms with Gasteiger partial charge in [-0.25, -0.2) is 0 Å². The van der Waals surface area contributed by atoms with E-state index in [1.807, 2.05) is 0 Å². The largest absolute Gasteiger partial charge is 0.481 e. The summed E-state index contributed by atoms with van der Waals surface area (Å²) in [6, 6.07) is 0. The van der Waals surface area contributed by atoms with Crippen LogP contribution < -0.4 is 0 Å². The summed E-state index contributed by atoms with van der Waals surface area (Å²) in [6.45, 7) is 0. The molecule has 0 amide bonds. The Bertz CT molecular complexity index is 209. The zero-order valence-corrected chi connectivity index (χ0v) is 7.68. The van der Waals surface area contributed by atoms with Crippen LogP contribution in [-0.4, -0.2) is 17.3 Å². The first-order valence-corrected chi connectivity index (χ1v) is 4.68. The van der Waals surface area contributed by atoms with E-state index in [4.69, 9.17) is 5.11 Å². The molecule has 0 aromatic heterocycles. The van der Waals surface area contributed by atoms with Crippen molar-refractivity contribution in [2.24, 2.45) is 11.8 Å². The normalized spacial score (nSPS) is 20.2. The number of hydrogen-bond donors (Lipinski definition) is 1. The van der Waals surface area contributed by atoms with E-state index in [0.29, 0.717) is 0 Å². The lowest BCUT2D eigenvalue weighted by Gasteiger charge is -2.28. The van der Waals surface area contributed by atoms with Gasteiger partial charge in [0.2, 0.25) is 0 Å². The molecule has 1 N–H and O–H groups in total. The number of hydrogen-bond acceptors (Lipinski definition) is 1. The minimum Gasteiger partial charge on any atom is -0.481 e. The fourth-order valence-electron chi connectivity index (χ4n) is 1.68. The summed E-state index contributed by atoms with van der Waals surface area (Å²) < 4.78 is 35.9. The smallest absolute Gasteiger partial charge is 0.389 e. The third-order valence-corrected chi connectivity index (χ3v) is 2.67. The molecule has 14 heavy (non-hydrogen) atoms. The second-order valence-corrected chi connectivity index (χ2v) is 3.89. The monoisotopic (exact) mass is 210 g/mol. The van der Waals surface area contributed by atoms with Gasteiger partial charge in [0.05, 0.1) is 12.3 Å². The van der Waals surface area contributed by atoms with Crippen LogP contribution in [0.5, 0.6) is 0 Å². The lowest BCUT2D eigenvalue weighted by molar-refractivity contribution is -0.165. The van der Waals surface area contributed by atoms with Crippen LogP contribution in [0.3, 0.4) is 0 Å². The van der Waals surface area contributed by atoms with Crippen molar-refractivity contribution in [2.45, 2.75) is 38.3 Å². The van der Waals surface area contributed by atoms with E-state index in [0.717, 1.165) is 19.3 Å². The minimum absolute atomic E-state index is 0.175. The molecule has 0 aliphatic heterocycles. The van der Waals surface area contributed by atoms with Crippen molar-refractivity contribution in [1.82, 2.24) is 0 Å². The zero-order chi connectivity index (χ0) is 10.8. The third kappa shape index (κ3) is 3.55. The van der Waals surface area contributed by atoms with Gasteiger partial charge in [-0.1, -0.05) is 19.3 Å². The molecular formula is C9H13F3O2. The second-order valence-electron chi connectivity index (χ2n) is 3.89. The molecular weight excluding hydrogens is 197 g/mol. The lowest BCUT2D eigenvalue weighted by atomic mass is 9.78. The summed E-state index contributed by atoms with van der Waals surface area (Å²) in [5.74, 6) is -2.38. The number of carbonyl (C=O) groups is 1. The number of carboxylic acid groups (broad SMARTS) is 1. The van der Waals surface area contributed by atoms with Gasteiger partial charge in [-0.2, -0.15) is 13.2 Å². The molecule has 1 rings (SSSR count). The SMILES string of the molecule is O=C(O)C(CC1CCC1)CC(F)(F)F. The van der Waals surface area contributed by atoms with Crippen LogP contribution in [0.2, 0.25) is 0 Å². The quantitative estimate of drug-likeness (QED) is 0.774. The van der Waals surface area contributed by atoms with Gasteiger partial charge in [0, 0.05) is 0 Å². The Balaban J connectivity index is 2.42. The van der Waals surface area contributed by atoms with Crippen LogP contribution in [0.4, 0.5) is 13.2 Å². The van der Waals surface area contributed by atoms with Gasteiger partial charge >= 0.3 is 12.1 Å². The summed E-state index contributed by atoms with van der Waals surface area (Å²) in [4.78, 5) is 10.6. The average Bonchev–Trinajstić information content (AvgIpc) is 1.91. The molecule has 0 bridgehead atoms. The van der Waals surface area contributed by atoms with Crippen molar-refractivity contribution in [3.8, 4) is 0 Å². The third-order valence-electron chi connectivity index (χ3n) is 2.67. The molecule has 1 aliphatic carbocycles. The standard InChI is InChI=1S/C9H13F3O2/c10-9(11,12)5-7(8(13)14)4-6-2-1-3-6/h6-7H,1-5H2,(H,13,14). The van der Waals surface area contributed by atoms with Gasteiger partial charge in [-0.15, -0.1) is 0 Å². The molecule has 0 radical (unpaired) electrons. The first-order chi connectivity index (χ1) is 6.38. The van der Waals surface area contributed by atoms with Gasteiger partial charge in [0.15, 0.2) is 0 Å². The molecule has 2 nitrogen and oxygen atoms in total. The molecule has 1 fully saturated rings. The Hall–Kier alpha value is -0.740. The van der Waals surface area contributed by atoms with Crippen LogP contribution in [0, 0.1) is 11.8 Å². The van der Waals surface area contributed by atoms with Crippen molar-refractivity contribution in [1.29, 1.82) is 0 Å². The molecule has 0 spiro atoms. The Labute approximate surface area is 80.1 Å². The highest BCUT2D eigenvalue weighted by Gasteiger charge is 2.37. The van der Waals surface area contributed by atoms with E-state index in [1.165, 1.54) is 0 Å². The molecule has 1 saturated carbocycles. The van der Waals surface area contributed by atoms with Crippen LogP contribution in [0.1, 0.15) is 32.1 Å². The van der Waals surface area contributed by atoms with E-state index in [9.17, 15) is 18.0 Å². The van der Waals surface area contributed by atoms with Crippen molar-refractivity contribution in [3.05, 3.63) is 0 Å². The first-order valence-electron chi connectivity index (χ1n) is 4.68. The van der Waals surface area contributed by atoms with Crippen molar-refractivity contribution < 1.29 is 23.1 Å². The van der Waals surface area contributed by atoms with Gasteiger partial charge in [-0.3, -0.25) is 4.79 Å². The van der Waals surface area contributed by atoms with E-state index >= 15 is 0 Å². The fraction of sp³-hybridized carbons (Fsp3) is 0.889. The topological polar surface area (TPSA) is 37.3 Å². The summed E-state index contributed by atoms with van der Waals surface area (Å²) in [7, 11) is 0. The summed E-state index contributed by atoms with van der Waals surface area (Å²) >= 11 is 0. The Morgan fingerprint density at radius 3 is 2.29 bits per heavy atom. The molecule has 5 heteroatoms. The van der Waals surface area contributed by atoms with Crippen LogP contribution >= 0.6 is 0 Å². The number of carboxylic acids is 1. The minimum atomic E-state index is -4.37. The average molecular weight is 210 g/mol. The molecule has 0 aromatic carbocycles. The van der Waals surface area contributed by atoms with E-state index in [2.05, 4.69) is 0 Å². The zero-order valence-electron chi connectivity index (χ0n) is 7.68.